The molecule has 0 aromatic heterocycles. The molecule has 0 atom stereocenters. The highest BCUT2D eigenvalue weighted by atomic mass is 14.3. The molecular formula is C36H48. The maximum atomic E-state index is 3.33. The molecule has 0 spiro atoms. The molecule has 0 radical (unpaired) electrons. The molecule has 3 rings (SSSR count). The number of unbranched alkanes of at least 4 members (excludes halogenated alkanes) is 7. The van der Waals surface area contributed by atoms with E-state index in [0.717, 1.165) is 34.9 Å². The zero-order valence-electron chi connectivity index (χ0n) is 23.1. The van der Waals surface area contributed by atoms with Crippen molar-refractivity contribution in [2.24, 2.45) is 11.8 Å². The minimum Gasteiger partial charge on any atom is -0.0979 e. The lowest BCUT2D eigenvalue weighted by atomic mass is 9.78. The van der Waals surface area contributed by atoms with E-state index in [2.05, 4.69) is 86.1 Å². The van der Waals surface area contributed by atoms with Gasteiger partial charge in [-0.1, -0.05) is 127 Å². The first-order valence-corrected chi connectivity index (χ1v) is 15.0. The average Bonchev–Trinajstić information content (AvgIpc) is 2.92. The second kappa shape index (κ2) is 17.1. The summed E-state index contributed by atoms with van der Waals surface area (Å²) in [5, 5.41) is 0. The third kappa shape index (κ3) is 11.1. The van der Waals surface area contributed by atoms with Crippen LogP contribution in [-0.4, -0.2) is 0 Å². The Morgan fingerprint density at radius 2 is 1.06 bits per heavy atom. The Bertz CT molecular complexity index is 963. The molecule has 36 heavy (non-hydrogen) atoms. The van der Waals surface area contributed by atoms with Gasteiger partial charge in [0.25, 0.3) is 0 Å². The summed E-state index contributed by atoms with van der Waals surface area (Å²) in [5.41, 5.74) is 4.69. The Balaban J connectivity index is 1.37. The Kier molecular flexibility index (Phi) is 13.4. The monoisotopic (exact) mass is 480 g/mol. The van der Waals surface area contributed by atoms with Crippen molar-refractivity contribution in [3.8, 4) is 23.7 Å². The van der Waals surface area contributed by atoms with E-state index < -0.39 is 0 Å². The highest BCUT2D eigenvalue weighted by Crippen LogP contribution is 2.34. The summed E-state index contributed by atoms with van der Waals surface area (Å²) >= 11 is 0. The summed E-state index contributed by atoms with van der Waals surface area (Å²) in [6, 6.07) is 17.3. The molecule has 2 aromatic rings. The van der Waals surface area contributed by atoms with E-state index in [1.807, 2.05) is 0 Å². The first kappa shape index (κ1) is 28.1. The summed E-state index contributed by atoms with van der Waals surface area (Å²) in [4.78, 5) is 0. The van der Waals surface area contributed by atoms with Crippen LogP contribution in [0.25, 0.3) is 0 Å². The van der Waals surface area contributed by atoms with Crippen molar-refractivity contribution in [3.05, 3.63) is 70.8 Å². The van der Waals surface area contributed by atoms with Gasteiger partial charge in [-0.3, -0.25) is 0 Å². The Hall–Kier alpha value is -2.44. The molecule has 2 aromatic carbocycles. The Labute approximate surface area is 222 Å². The predicted molar refractivity (Wildman–Crippen MR) is 157 cm³/mol. The van der Waals surface area contributed by atoms with Crippen LogP contribution >= 0.6 is 0 Å². The minimum absolute atomic E-state index is 0.936. The molecule has 0 nitrogen and oxygen atoms in total. The Morgan fingerprint density at radius 3 is 1.67 bits per heavy atom. The molecule has 0 aliphatic heterocycles. The molecule has 1 aliphatic carbocycles. The highest BCUT2D eigenvalue weighted by Gasteiger charge is 2.20. The molecule has 1 fully saturated rings. The first-order chi connectivity index (χ1) is 17.8. The van der Waals surface area contributed by atoms with Gasteiger partial charge in [0.05, 0.1) is 0 Å². The van der Waals surface area contributed by atoms with Crippen LogP contribution in [-0.2, 0) is 6.42 Å². The number of hydrogen-bond acceptors (Lipinski definition) is 0. The molecule has 0 bridgehead atoms. The summed E-state index contributed by atoms with van der Waals surface area (Å²) in [6.07, 6.45) is 21.6. The predicted octanol–water partition coefficient (Wildman–Crippen LogP) is 10.1. The van der Waals surface area contributed by atoms with Gasteiger partial charge in [0.1, 0.15) is 0 Å². The van der Waals surface area contributed by atoms with Gasteiger partial charge in [-0.15, -0.1) is 0 Å². The number of benzene rings is 2. The normalized spacial score (nSPS) is 17.1. The fourth-order valence-corrected chi connectivity index (χ4v) is 5.38. The molecule has 0 heterocycles. The summed E-state index contributed by atoms with van der Waals surface area (Å²) in [7, 11) is 0. The van der Waals surface area contributed by atoms with Crippen LogP contribution in [0.5, 0.6) is 0 Å². The van der Waals surface area contributed by atoms with Crippen molar-refractivity contribution >= 4 is 0 Å². The van der Waals surface area contributed by atoms with Gasteiger partial charge in [-0.2, -0.15) is 0 Å². The van der Waals surface area contributed by atoms with Crippen LogP contribution in [0.1, 0.15) is 132 Å². The zero-order chi connectivity index (χ0) is 25.3. The molecule has 0 amide bonds. The lowest BCUT2D eigenvalue weighted by Gasteiger charge is -2.28. The van der Waals surface area contributed by atoms with Crippen LogP contribution in [0, 0.1) is 35.5 Å². The van der Waals surface area contributed by atoms with Crippen LogP contribution in [0.2, 0.25) is 0 Å². The molecular weight excluding hydrogens is 432 g/mol. The van der Waals surface area contributed by atoms with Crippen LogP contribution in [0.4, 0.5) is 0 Å². The molecule has 1 saturated carbocycles. The maximum Gasteiger partial charge on any atom is 0.0249 e. The number of rotatable bonds is 12. The van der Waals surface area contributed by atoms with Crippen molar-refractivity contribution in [1.29, 1.82) is 0 Å². The quantitative estimate of drug-likeness (QED) is 0.209. The van der Waals surface area contributed by atoms with Gasteiger partial charge in [0, 0.05) is 23.1 Å². The van der Waals surface area contributed by atoms with Gasteiger partial charge in [0.2, 0.25) is 0 Å². The summed E-state index contributed by atoms with van der Waals surface area (Å²) in [5.74, 6) is 15.2. The van der Waals surface area contributed by atoms with E-state index in [-0.39, 0.29) is 0 Å². The van der Waals surface area contributed by atoms with Crippen LogP contribution < -0.4 is 0 Å². The molecule has 0 heteroatoms. The van der Waals surface area contributed by atoms with E-state index in [9.17, 15) is 0 Å². The standard InChI is InChI=1S/C36H48/c1-3-5-7-8-9-10-12-14-32-17-21-34(22-18-32)24-26-36-29-27-35(28-30-36)25-23-33-19-15-31(16-20-33)13-11-6-4-2/h17-18,21-22,27-31,33H,3-11,13,15-16,19-20,23,25H2,1-2H3. The smallest absolute Gasteiger partial charge is 0.0249 e. The van der Waals surface area contributed by atoms with E-state index in [4.69, 9.17) is 0 Å². The van der Waals surface area contributed by atoms with Gasteiger partial charge >= 0.3 is 0 Å². The number of aryl methyl sites for hydroxylation is 1. The van der Waals surface area contributed by atoms with Crippen molar-refractivity contribution in [2.75, 3.05) is 0 Å². The van der Waals surface area contributed by atoms with E-state index in [1.165, 1.54) is 102 Å². The fourth-order valence-electron chi connectivity index (χ4n) is 5.38. The van der Waals surface area contributed by atoms with Gasteiger partial charge in [0.15, 0.2) is 0 Å². The molecule has 0 saturated heterocycles. The SMILES string of the molecule is CCCCCCCC#Cc1ccc(C#Cc2ccc(CCC3CCC(CCCCC)CC3)cc2)cc1. The largest absolute Gasteiger partial charge is 0.0979 e. The highest BCUT2D eigenvalue weighted by molar-refractivity contribution is 5.46. The maximum absolute atomic E-state index is 3.33. The molecule has 192 valence electrons. The van der Waals surface area contributed by atoms with Gasteiger partial charge in [-0.05, 0) is 73.1 Å². The van der Waals surface area contributed by atoms with E-state index >= 15 is 0 Å². The third-order valence-electron chi connectivity index (χ3n) is 7.85. The van der Waals surface area contributed by atoms with Crippen molar-refractivity contribution in [2.45, 2.75) is 117 Å². The molecule has 1 aliphatic rings. The second-order valence-corrected chi connectivity index (χ2v) is 10.9. The molecule has 0 unspecified atom stereocenters. The Morgan fingerprint density at radius 1 is 0.556 bits per heavy atom. The number of hydrogen-bond donors (Lipinski definition) is 0. The lowest BCUT2D eigenvalue weighted by molar-refractivity contribution is 0.249. The van der Waals surface area contributed by atoms with Gasteiger partial charge < -0.3 is 0 Å². The fraction of sp³-hybridized carbons (Fsp3) is 0.556. The third-order valence-corrected chi connectivity index (χ3v) is 7.85. The topological polar surface area (TPSA) is 0 Å². The lowest BCUT2D eigenvalue weighted by Crippen LogP contribution is -2.15. The second-order valence-electron chi connectivity index (χ2n) is 10.9. The van der Waals surface area contributed by atoms with Crippen LogP contribution in [0.15, 0.2) is 48.5 Å². The van der Waals surface area contributed by atoms with E-state index in [1.54, 1.807) is 0 Å². The average molecular weight is 481 g/mol. The summed E-state index contributed by atoms with van der Waals surface area (Å²) < 4.78 is 0. The van der Waals surface area contributed by atoms with Crippen LogP contribution in [0.3, 0.4) is 0 Å². The zero-order valence-corrected chi connectivity index (χ0v) is 23.1. The molecule has 0 N–H and O–H groups in total. The summed E-state index contributed by atoms with van der Waals surface area (Å²) in [6.45, 7) is 4.56. The van der Waals surface area contributed by atoms with Gasteiger partial charge in [-0.25, -0.2) is 0 Å². The minimum atomic E-state index is 0.936. The van der Waals surface area contributed by atoms with Crippen molar-refractivity contribution in [1.82, 2.24) is 0 Å². The van der Waals surface area contributed by atoms with Crippen molar-refractivity contribution in [3.63, 3.8) is 0 Å². The first-order valence-electron chi connectivity index (χ1n) is 15.0. The van der Waals surface area contributed by atoms with Crippen molar-refractivity contribution < 1.29 is 0 Å². The van der Waals surface area contributed by atoms with E-state index in [0.29, 0.717) is 0 Å².